The van der Waals surface area contributed by atoms with Gasteiger partial charge in [-0.15, -0.1) is 0 Å². The summed E-state index contributed by atoms with van der Waals surface area (Å²) < 4.78 is 6.50. The molecule has 2 rings (SSSR count). The third kappa shape index (κ3) is 3.38. The summed E-state index contributed by atoms with van der Waals surface area (Å²) in [6.07, 6.45) is 8.01. The van der Waals surface area contributed by atoms with Crippen molar-refractivity contribution in [3.05, 3.63) is 0 Å². The molecule has 0 aromatic rings. The van der Waals surface area contributed by atoms with Crippen LogP contribution in [0.1, 0.15) is 73.1 Å². The maximum atomic E-state index is 6.50. The highest BCUT2D eigenvalue weighted by atomic mass is 28.1. The van der Waals surface area contributed by atoms with Crippen molar-refractivity contribution in [3.63, 3.8) is 0 Å². The summed E-state index contributed by atoms with van der Waals surface area (Å²) in [6, 6.07) is 2.55. The molecule has 0 saturated carbocycles. The van der Waals surface area contributed by atoms with E-state index in [0.29, 0.717) is 24.2 Å². The maximum absolute atomic E-state index is 6.50. The summed E-state index contributed by atoms with van der Waals surface area (Å²) in [5.41, 5.74) is -0.118. The normalized spacial score (nSPS) is 37.0. The summed E-state index contributed by atoms with van der Waals surface area (Å²) >= 11 is 0. The molecule has 124 valence electrons. The van der Waals surface area contributed by atoms with E-state index >= 15 is 0 Å². The fraction of sp³-hybridized carbons (Fsp3) is 1.00. The molecule has 0 radical (unpaired) electrons. The minimum absolute atomic E-state index is 0.118. The third-order valence-electron chi connectivity index (χ3n) is 5.76. The fourth-order valence-corrected chi connectivity index (χ4v) is 7.09. The van der Waals surface area contributed by atoms with E-state index in [-0.39, 0.29) is 5.47 Å². The van der Waals surface area contributed by atoms with E-state index in [0.717, 1.165) is 16.8 Å². The van der Waals surface area contributed by atoms with Gasteiger partial charge in [0, 0.05) is 30.8 Å². The van der Waals surface area contributed by atoms with Gasteiger partial charge in [-0.3, -0.25) is 9.80 Å². The van der Waals surface area contributed by atoms with E-state index < -0.39 is 0 Å². The molecule has 2 fully saturated rings. The van der Waals surface area contributed by atoms with Crippen LogP contribution < -0.4 is 0 Å². The lowest BCUT2D eigenvalue weighted by molar-refractivity contribution is -0.243. The molecular formula is C17H36N2OSi. The minimum atomic E-state index is -0.118. The third-order valence-corrected chi connectivity index (χ3v) is 7.08. The molecule has 0 aromatic heterocycles. The first-order chi connectivity index (χ1) is 9.91. The molecule has 4 heteroatoms. The first-order valence-electron chi connectivity index (χ1n) is 9.12. The molecule has 0 bridgehead atoms. The lowest BCUT2D eigenvalue weighted by Crippen LogP contribution is -2.72. The van der Waals surface area contributed by atoms with Gasteiger partial charge in [0.1, 0.15) is 0 Å². The van der Waals surface area contributed by atoms with Crippen LogP contribution in [-0.2, 0) is 4.74 Å². The van der Waals surface area contributed by atoms with Crippen LogP contribution in [0.5, 0.6) is 0 Å². The van der Waals surface area contributed by atoms with E-state index in [1.807, 2.05) is 0 Å². The first kappa shape index (κ1) is 17.5. The van der Waals surface area contributed by atoms with Crippen molar-refractivity contribution >= 4 is 10.2 Å². The monoisotopic (exact) mass is 312 g/mol. The zero-order valence-corrected chi connectivity index (χ0v) is 17.1. The van der Waals surface area contributed by atoms with Crippen molar-refractivity contribution in [2.45, 2.75) is 103 Å². The summed E-state index contributed by atoms with van der Waals surface area (Å²) in [4.78, 5) is 5.45. The quantitative estimate of drug-likeness (QED) is 0.742. The molecule has 0 aromatic carbocycles. The molecule has 0 N–H and O–H groups in total. The van der Waals surface area contributed by atoms with Crippen LogP contribution in [0.15, 0.2) is 0 Å². The highest BCUT2D eigenvalue weighted by molar-refractivity contribution is 6.14. The van der Waals surface area contributed by atoms with Gasteiger partial charge in [0.2, 0.25) is 0 Å². The predicted octanol–water partition coefficient (Wildman–Crippen LogP) is 2.53. The Labute approximate surface area is 134 Å². The van der Waals surface area contributed by atoms with Crippen molar-refractivity contribution in [2.24, 2.45) is 0 Å². The zero-order chi connectivity index (χ0) is 15.6. The van der Waals surface area contributed by atoms with E-state index in [1.165, 1.54) is 38.5 Å². The topological polar surface area (TPSA) is 15.7 Å². The summed E-state index contributed by atoms with van der Waals surface area (Å²) in [7, 11) is 1.04. The summed E-state index contributed by atoms with van der Waals surface area (Å²) in [5.74, 6) is 0. The number of likely N-dealkylation sites (tertiary alicyclic amines) is 2. The van der Waals surface area contributed by atoms with E-state index in [4.69, 9.17) is 4.74 Å². The van der Waals surface area contributed by atoms with Crippen molar-refractivity contribution in [1.29, 1.82) is 0 Å². The van der Waals surface area contributed by atoms with Gasteiger partial charge in [0.05, 0.1) is 10.2 Å². The van der Waals surface area contributed by atoms with Gasteiger partial charge in [-0.2, -0.15) is 0 Å². The number of rotatable bonds is 4. The number of hydrogen-bond donors (Lipinski definition) is 0. The van der Waals surface area contributed by atoms with Gasteiger partial charge in [-0.1, -0.05) is 12.8 Å². The lowest BCUT2D eigenvalue weighted by atomic mass is 9.95. The van der Waals surface area contributed by atoms with Crippen LogP contribution in [0, 0.1) is 0 Å². The summed E-state index contributed by atoms with van der Waals surface area (Å²) in [6.45, 7) is 12.6. The average Bonchev–Trinajstić information content (AvgIpc) is 2.38. The molecule has 2 aliphatic heterocycles. The van der Waals surface area contributed by atoms with Crippen molar-refractivity contribution < 1.29 is 4.74 Å². The van der Waals surface area contributed by atoms with Crippen LogP contribution in [0.2, 0.25) is 0 Å². The Morgan fingerprint density at radius 2 is 1.19 bits per heavy atom. The highest BCUT2D eigenvalue weighted by Crippen LogP contribution is 2.37. The fourth-order valence-electron chi connectivity index (χ4n) is 5.03. The zero-order valence-electron chi connectivity index (χ0n) is 15.1. The van der Waals surface area contributed by atoms with Gasteiger partial charge in [-0.25, -0.2) is 0 Å². The molecule has 0 amide bonds. The van der Waals surface area contributed by atoms with E-state index in [2.05, 4.69) is 44.4 Å². The predicted molar refractivity (Wildman–Crippen MR) is 93.5 cm³/mol. The summed E-state index contributed by atoms with van der Waals surface area (Å²) in [5, 5.41) is 0. The van der Waals surface area contributed by atoms with Crippen LogP contribution in [0.25, 0.3) is 0 Å². The molecule has 4 atom stereocenters. The van der Waals surface area contributed by atoms with Gasteiger partial charge in [-0.05, 0) is 60.3 Å². The Balaban J connectivity index is 2.33. The van der Waals surface area contributed by atoms with Crippen molar-refractivity contribution in [3.8, 4) is 0 Å². The number of hydrogen-bond acceptors (Lipinski definition) is 3. The second-order valence-electron chi connectivity index (χ2n) is 7.44. The SMILES string of the molecule is CCOC([SiH3])(N1[C@H](C)CCC[C@@H]1C)N1[C@H](C)CCC[C@@H]1C. The van der Waals surface area contributed by atoms with Crippen LogP contribution in [0.3, 0.4) is 0 Å². The number of nitrogens with zero attached hydrogens (tertiary/aromatic N) is 2. The smallest absolute Gasteiger partial charge is 0.151 e. The standard InChI is InChI=1S/C17H36N2OSi/c1-6-20-17(21,18-13(2)9-7-10-14(18)3)19-15(4)11-8-12-16(19)5/h13-16H,6-12H2,1-5,21H3/t13-,14+,15-,16+. The Kier molecular flexibility index (Phi) is 5.91. The Morgan fingerprint density at radius 3 is 1.48 bits per heavy atom. The molecular weight excluding hydrogens is 276 g/mol. The van der Waals surface area contributed by atoms with Gasteiger partial charge < -0.3 is 4.74 Å². The average molecular weight is 313 g/mol. The van der Waals surface area contributed by atoms with Crippen LogP contribution in [0.4, 0.5) is 0 Å². The van der Waals surface area contributed by atoms with Crippen molar-refractivity contribution in [1.82, 2.24) is 9.80 Å². The molecule has 0 unspecified atom stereocenters. The Bertz CT molecular complexity index is 293. The molecule has 2 aliphatic rings. The second kappa shape index (κ2) is 7.11. The molecule has 21 heavy (non-hydrogen) atoms. The van der Waals surface area contributed by atoms with Crippen LogP contribution in [-0.4, -0.2) is 56.3 Å². The first-order valence-corrected chi connectivity index (χ1v) is 10.1. The van der Waals surface area contributed by atoms with Gasteiger partial charge in [0.15, 0.2) is 5.47 Å². The minimum Gasteiger partial charge on any atom is -0.352 e. The van der Waals surface area contributed by atoms with Crippen LogP contribution >= 0.6 is 0 Å². The van der Waals surface area contributed by atoms with Gasteiger partial charge >= 0.3 is 0 Å². The maximum Gasteiger partial charge on any atom is 0.151 e. The highest BCUT2D eigenvalue weighted by Gasteiger charge is 2.48. The molecule has 3 nitrogen and oxygen atoms in total. The Morgan fingerprint density at radius 1 is 0.857 bits per heavy atom. The largest absolute Gasteiger partial charge is 0.352 e. The number of piperidine rings is 2. The molecule has 0 spiro atoms. The second-order valence-corrected chi connectivity index (χ2v) is 8.74. The molecule has 2 heterocycles. The number of ether oxygens (including phenoxy) is 1. The van der Waals surface area contributed by atoms with E-state index in [1.54, 1.807) is 0 Å². The molecule has 2 saturated heterocycles. The lowest BCUT2D eigenvalue weighted by Gasteiger charge is -2.59. The van der Waals surface area contributed by atoms with Crippen molar-refractivity contribution in [2.75, 3.05) is 6.61 Å². The molecule has 0 aliphatic carbocycles. The van der Waals surface area contributed by atoms with Gasteiger partial charge in [0.25, 0.3) is 0 Å². The van der Waals surface area contributed by atoms with E-state index in [9.17, 15) is 0 Å². The Hall–Kier alpha value is 0.0969.